The Labute approximate surface area is 114 Å². The second kappa shape index (κ2) is 6.23. The van der Waals surface area contributed by atoms with Crippen LogP contribution in [-0.2, 0) is 0 Å². The van der Waals surface area contributed by atoms with E-state index in [1.54, 1.807) is 11.1 Å². The summed E-state index contributed by atoms with van der Waals surface area (Å²) in [5.74, 6) is 1.50. The Hall–Kier alpha value is -0.300. The van der Waals surface area contributed by atoms with Crippen molar-refractivity contribution in [2.45, 2.75) is 72.3 Å². The van der Waals surface area contributed by atoms with E-state index in [9.17, 15) is 0 Å². The number of allylic oxidation sites excluding steroid dienone is 2. The van der Waals surface area contributed by atoms with Crippen molar-refractivity contribution in [1.29, 1.82) is 0 Å². The standard InChI is InChI=1S/C17H31N/c1-13(2)16-9-7-15(18-11-5-6-12-18)8-10-17(16)14(3)4/h13-15H,5-12H2,1-4H3. The highest BCUT2D eigenvalue weighted by Crippen LogP contribution is 2.35. The third kappa shape index (κ3) is 3.17. The van der Waals surface area contributed by atoms with Gasteiger partial charge in [0.1, 0.15) is 0 Å². The minimum absolute atomic E-state index is 0.750. The number of likely N-dealkylation sites (tertiary alicyclic amines) is 1. The van der Waals surface area contributed by atoms with Gasteiger partial charge in [0, 0.05) is 6.04 Å². The summed E-state index contributed by atoms with van der Waals surface area (Å²) in [4.78, 5) is 2.77. The Bertz CT molecular complexity index is 273. The molecule has 0 bridgehead atoms. The summed E-state index contributed by atoms with van der Waals surface area (Å²) in [5.41, 5.74) is 3.57. The highest BCUT2D eigenvalue weighted by molar-refractivity contribution is 5.20. The summed E-state index contributed by atoms with van der Waals surface area (Å²) >= 11 is 0. The monoisotopic (exact) mass is 249 g/mol. The van der Waals surface area contributed by atoms with Crippen LogP contribution in [0, 0.1) is 11.8 Å². The van der Waals surface area contributed by atoms with Gasteiger partial charge in [0.25, 0.3) is 0 Å². The van der Waals surface area contributed by atoms with Crippen LogP contribution < -0.4 is 0 Å². The van der Waals surface area contributed by atoms with E-state index in [-0.39, 0.29) is 0 Å². The third-order valence-corrected chi connectivity index (χ3v) is 4.96. The van der Waals surface area contributed by atoms with Crippen LogP contribution in [-0.4, -0.2) is 24.0 Å². The van der Waals surface area contributed by atoms with Crippen molar-refractivity contribution < 1.29 is 0 Å². The van der Waals surface area contributed by atoms with Gasteiger partial charge in [-0.25, -0.2) is 0 Å². The first kappa shape index (κ1) is 14.1. The van der Waals surface area contributed by atoms with Crippen molar-refractivity contribution >= 4 is 0 Å². The number of hydrogen-bond acceptors (Lipinski definition) is 1. The lowest BCUT2D eigenvalue weighted by atomic mass is 9.87. The Morgan fingerprint density at radius 2 is 1.28 bits per heavy atom. The average Bonchev–Trinajstić information content (AvgIpc) is 2.73. The summed E-state index contributed by atoms with van der Waals surface area (Å²) in [6, 6.07) is 0.873. The predicted octanol–water partition coefficient (Wildman–Crippen LogP) is 4.63. The van der Waals surface area contributed by atoms with Crippen molar-refractivity contribution in [2.24, 2.45) is 11.8 Å². The van der Waals surface area contributed by atoms with E-state index < -0.39 is 0 Å². The lowest BCUT2D eigenvalue weighted by Crippen LogP contribution is -2.32. The summed E-state index contributed by atoms with van der Waals surface area (Å²) in [7, 11) is 0. The molecule has 104 valence electrons. The zero-order valence-corrected chi connectivity index (χ0v) is 12.8. The molecule has 0 amide bonds. The molecule has 1 nitrogen and oxygen atoms in total. The van der Waals surface area contributed by atoms with Crippen LogP contribution in [0.5, 0.6) is 0 Å². The molecule has 1 aliphatic heterocycles. The highest BCUT2D eigenvalue weighted by atomic mass is 15.2. The fourth-order valence-electron chi connectivity index (χ4n) is 3.90. The molecule has 0 aromatic carbocycles. The molecule has 0 N–H and O–H groups in total. The van der Waals surface area contributed by atoms with Gasteiger partial charge in [0.2, 0.25) is 0 Å². The van der Waals surface area contributed by atoms with E-state index >= 15 is 0 Å². The molecule has 0 spiro atoms. The topological polar surface area (TPSA) is 3.24 Å². The Morgan fingerprint density at radius 3 is 1.67 bits per heavy atom. The van der Waals surface area contributed by atoms with Crippen LogP contribution in [0.25, 0.3) is 0 Å². The third-order valence-electron chi connectivity index (χ3n) is 4.96. The number of nitrogens with zero attached hydrogens (tertiary/aromatic N) is 1. The summed E-state index contributed by atoms with van der Waals surface area (Å²) < 4.78 is 0. The van der Waals surface area contributed by atoms with Gasteiger partial charge in [-0.05, 0) is 63.5 Å². The predicted molar refractivity (Wildman–Crippen MR) is 79.8 cm³/mol. The molecule has 1 fully saturated rings. The van der Waals surface area contributed by atoms with Gasteiger partial charge in [0.05, 0.1) is 0 Å². The molecular weight excluding hydrogens is 218 g/mol. The largest absolute Gasteiger partial charge is 0.300 e. The van der Waals surface area contributed by atoms with Crippen molar-refractivity contribution in [1.82, 2.24) is 4.90 Å². The Kier molecular flexibility index (Phi) is 4.89. The van der Waals surface area contributed by atoms with Crippen LogP contribution in [0.4, 0.5) is 0 Å². The highest BCUT2D eigenvalue weighted by Gasteiger charge is 2.26. The zero-order chi connectivity index (χ0) is 13.1. The molecule has 1 heteroatoms. The maximum atomic E-state index is 2.77. The molecule has 0 unspecified atom stereocenters. The van der Waals surface area contributed by atoms with Crippen LogP contribution in [0.15, 0.2) is 11.1 Å². The van der Waals surface area contributed by atoms with Crippen LogP contribution in [0.2, 0.25) is 0 Å². The Balaban J connectivity index is 2.05. The van der Waals surface area contributed by atoms with E-state index in [1.807, 2.05) is 0 Å². The summed E-state index contributed by atoms with van der Waals surface area (Å²) in [5, 5.41) is 0. The second-order valence-corrected chi connectivity index (χ2v) is 6.83. The van der Waals surface area contributed by atoms with Crippen molar-refractivity contribution in [3.8, 4) is 0 Å². The molecule has 1 saturated heterocycles. The van der Waals surface area contributed by atoms with Gasteiger partial charge in [-0.1, -0.05) is 38.8 Å². The van der Waals surface area contributed by atoms with E-state index in [4.69, 9.17) is 0 Å². The molecule has 0 atom stereocenters. The van der Waals surface area contributed by atoms with E-state index in [0.717, 1.165) is 17.9 Å². The quantitative estimate of drug-likeness (QED) is 0.659. The summed E-state index contributed by atoms with van der Waals surface area (Å²) in [6.07, 6.45) is 8.38. The maximum absolute atomic E-state index is 2.77. The van der Waals surface area contributed by atoms with Gasteiger partial charge in [-0.15, -0.1) is 0 Å². The minimum Gasteiger partial charge on any atom is -0.300 e. The fraction of sp³-hybridized carbons (Fsp3) is 0.882. The number of hydrogen-bond donors (Lipinski definition) is 0. The fourth-order valence-corrected chi connectivity index (χ4v) is 3.90. The molecule has 0 saturated carbocycles. The van der Waals surface area contributed by atoms with Gasteiger partial charge in [0.15, 0.2) is 0 Å². The van der Waals surface area contributed by atoms with E-state index in [1.165, 1.54) is 51.6 Å². The van der Waals surface area contributed by atoms with Gasteiger partial charge in [-0.3, -0.25) is 0 Å². The molecule has 2 rings (SSSR count). The van der Waals surface area contributed by atoms with Crippen molar-refractivity contribution in [2.75, 3.05) is 13.1 Å². The molecule has 18 heavy (non-hydrogen) atoms. The first-order valence-corrected chi connectivity index (χ1v) is 8.05. The summed E-state index contributed by atoms with van der Waals surface area (Å²) in [6.45, 7) is 12.3. The molecule has 0 aromatic rings. The molecular formula is C17H31N. The van der Waals surface area contributed by atoms with Crippen LogP contribution in [0.1, 0.15) is 66.2 Å². The van der Waals surface area contributed by atoms with Crippen molar-refractivity contribution in [3.05, 3.63) is 11.1 Å². The second-order valence-electron chi connectivity index (χ2n) is 6.83. The SMILES string of the molecule is CC(C)C1=C(C(C)C)CCC(N2CCCC2)CC1. The smallest absolute Gasteiger partial charge is 0.0101 e. The Morgan fingerprint density at radius 1 is 0.833 bits per heavy atom. The van der Waals surface area contributed by atoms with Crippen LogP contribution in [0.3, 0.4) is 0 Å². The lowest BCUT2D eigenvalue weighted by molar-refractivity contribution is 0.221. The van der Waals surface area contributed by atoms with Gasteiger partial charge in [-0.2, -0.15) is 0 Å². The molecule has 0 aromatic heterocycles. The average molecular weight is 249 g/mol. The minimum atomic E-state index is 0.750. The van der Waals surface area contributed by atoms with Crippen LogP contribution >= 0.6 is 0 Å². The molecule has 1 heterocycles. The maximum Gasteiger partial charge on any atom is 0.0101 e. The van der Waals surface area contributed by atoms with Gasteiger partial charge < -0.3 is 4.90 Å². The van der Waals surface area contributed by atoms with E-state index in [2.05, 4.69) is 32.6 Å². The van der Waals surface area contributed by atoms with Gasteiger partial charge >= 0.3 is 0 Å². The molecule has 2 aliphatic rings. The zero-order valence-electron chi connectivity index (χ0n) is 12.8. The number of rotatable bonds is 3. The first-order chi connectivity index (χ1) is 8.59. The molecule has 1 aliphatic carbocycles. The molecule has 0 radical (unpaired) electrons. The van der Waals surface area contributed by atoms with E-state index in [0.29, 0.717) is 0 Å². The lowest BCUT2D eigenvalue weighted by Gasteiger charge is -2.26. The normalized spacial score (nSPS) is 24.3. The van der Waals surface area contributed by atoms with Crippen molar-refractivity contribution in [3.63, 3.8) is 0 Å². The first-order valence-electron chi connectivity index (χ1n) is 8.05.